The van der Waals surface area contributed by atoms with Gasteiger partial charge in [0.25, 0.3) is 0 Å². The first-order valence-corrected chi connectivity index (χ1v) is 11.8. The number of rotatable bonds is 10. The summed E-state index contributed by atoms with van der Waals surface area (Å²) in [5.41, 5.74) is 2.81. The van der Waals surface area contributed by atoms with Crippen LogP contribution in [0.15, 0.2) is 78.9 Å². The number of benzene rings is 3. The van der Waals surface area contributed by atoms with E-state index in [1.807, 2.05) is 18.2 Å². The van der Waals surface area contributed by atoms with E-state index in [1.54, 1.807) is 24.3 Å². The molecule has 3 aromatic rings. The molecule has 1 aliphatic heterocycles. The first-order chi connectivity index (χ1) is 16.6. The van der Waals surface area contributed by atoms with Crippen LogP contribution in [0.1, 0.15) is 22.8 Å². The van der Waals surface area contributed by atoms with E-state index in [1.165, 1.54) is 24.3 Å². The summed E-state index contributed by atoms with van der Waals surface area (Å²) in [6.07, 6.45) is 0.321. The monoisotopic (exact) mass is 468 g/mol. The molecule has 0 spiro atoms. The van der Waals surface area contributed by atoms with Crippen LogP contribution in [0, 0.1) is 11.6 Å². The number of ether oxygens (including phenoxy) is 1. The van der Waals surface area contributed by atoms with E-state index in [9.17, 15) is 13.2 Å². The Morgan fingerprint density at radius 3 is 1.82 bits per heavy atom. The molecule has 0 aliphatic carbocycles. The number of nitrogens with zero attached hydrogens (tertiary/aromatic N) is 2. The van der Waals surface area contributed by atoms with Gasteiger partial charge in [-0.3, -0.25) is 9.80 Å². The van der Waals surface area contributed by atoms with Gasteiger partial charge in [-0.25, -0.2) is 13.2 Å². The van der Waals surface area contributed by atoms with E-state index in [4.69, 9.17) is 4.74 Å². The van der Waals surface area contributed by atoms with Gasteiger partial charge in [-0.1, -0.05) is 54.6 Å². The van der Waals surface area contributed by atoms with Crippen molar-refractivity contribution in [3.05, 3.63) is 107 Å². The Kier molecular flexibility index (Phi) is 8.74. The summed E-state index contributed by atoms with van der Waals surface area (Å²) >= 11 is 0. The van der Waals surface area contributed by atoms with Crippen LogP contribution in [-0.2, 0) is 11.2 Å². The molecule has 4 rings (SSSR count). The second-order valence-corrected chi connectivity index (χ2v) is 8.73. The van der Waals surface area contributed by atoms with Gasteiger partial charge in [0.05, 0.1) is 6.61 Å². The molecule has 0 amide bonds. The maximum Gasteiger partial charge on any atom is 0.123 e. The quantitative estimate of drug-likeness (QED) is 0.403. The molecule has 1 heterocycles. The van der Waals surface area contributed by atoms with Gasteiger partial charge in [-0.2, -0.15) is 0 Å². The Hall–Kier alpha value is -2.67. The van der Waals surface area contributed by atoms with Gasteiger partial charge in [-0.15, -0.1) is 0 Å². The van der Waals surface area contributed by atoms with Crippen molar-refractivity contribution in [2.24, 2.45) is 0 Å². The fourth-order valence-corrected chi connectivity index (χ4v) is 4.48. The first kappa shape index (κ1) is 24.5. The molecule has 34 heavy (non-hydrogen) atoms. The molecule has 1 fully saturated rings. The molecule has 6 heteroatoms. The molecule has 0 radical (unpaired) electrons. The van der Waals surface area contributed by atoms with Crippen molar-refractivity contribution in [3.8, 4) is 0 Å². The van der Waals surface area contributed by atoms with Crippen molar-refractivity contribution in [1.82, 2.24) is 9.80 Å². The Balaban J connectivity index is 1.29. The lowest BCUT2D eigenvalue weighted by atomic mass is 10.0. The zero-order valence-corrected chi connectivity index (χ0v) is 19.3. The lowest BCUT2D eigenvalue weighted by Gasteiger charge is -2.38. The number of hydrogen-bond acceptors (Lipinski definition) is 3. The number of halogens is 3. The van der Waals surface area contributed by atoms with Gasteiger partial charge in [0, 0.05) is 38.8 Å². The third kappa shape index (κ3) is 6.69. The fourth-order valence-electron chi connectivity index (χ4n) is 4.48. The predicted octanol–water partition coefficient (Wildman–Crippen LogP) is 5.27. The summed E-state index contributed by atoms with van der Waals surface area (Å²) < 4.78 is 46.8. The lowest BCUT2D eigenvalue weighted by molar-refractivity contribution is 0.0350. The summed E-state index contributed by atoms with van der Waals surface area (Å²) in [4.78, 5) is 4.56. The van der Waals surface area contributed by atoms with Gasteiger partial charge in [0.2, 0.25) is 0 Å². The van der Waals surface area contributed by atoms with Crippen LogP contribution in [0.4, 0.5) is 13.2 Å². The molecular formula is C28H31F3N2O. The summed E-state index contributed by atoms with van der Waals surface area (Å²) in [5.74, 6) is -0.614. The van der Waals surface area contributed by atoms with Crippen LogP contribution in [0.25, 0.3) is 0 Å². The highest BCUT2D eigenvalue weighted by Gasteiger charge is 2.24. The third-order valence-electron chi connectivity index (χ3n) is 6.45. The largest absolute Gasteiger partial charge is 0.367 e. The minimum absolute atomic E-state index is 0.0952. The smallest absolute Gasteiger partial charge is 0.123 e. The average Bonchev–Trinajstić information content (AvgIpc) is 2.88. The normalized spacial score (nSPS) is 16.1. The Labute approximate surface area is 199 Å². The summed E-state index contributed by atoms with van der Waals surface area (Å²) in [7, 11) is 0. The van der Waals surface area contributed by atoms with E-state index in [2.05, 4.69) is 21.9 Å². The van der Waals surface area contributed by atoms with Crippen LogP contribution in [-0.4, -0.2) is 61.8 Å². The molecule has 180 valence electrons. The van der Waals surface area contributed by atoms with Crippen molar-refractivity contribution in [1.29, 1.82) is 0 Å². The maximum absolute atomic E-state index is 13.8. The van der Waals surface area contributed by atoms with Crippen molar-refractivity contribution >= 4 is 0 Å². The lowest BCUT2D eigenvalue weighted by Crippen LogP contribution is -2.52. The molecule has 1 aliphatic rings. The highest BCUT2D eigenvalue weighted by Crippen LogP contribution is 2.26. The predicted molar refractivity (Wildman–Crippen MR) is 129 cm³/mol. The highest BCUT2D eigenvalue weighted by molar-refractivity contribution is 5.30. The van der Waals surface area contributed by atoms with Gasteiger partial charge in [0.1, 0.15) is 24.4 Å². The van der Waals surface area contributed by atoms with E-state index < -0.39 is 6.10 Å². The SMILES string of the molecule is FC[C@@H](Cc1ccccc1)N1CCN(CCOC(c2ccc(F)cc2)c2ccc(F)cc2)CC1. The fraction of sp³-hybridized carbons (Fsp3) is 0.357. The van der Waals surface area contributed by atoms with E-state index in [0.717, 1.165) is 55.8 Å². The molecule has 1 saturated heterocycles. The topological polar surface area (TPSA) is 15.7 Å². The second-order valence-electron chi connectivity index (χ2n) is 8.73. The molecular weight excluding hydrogens is 437 g/mol. The molecule has 0 bridgehead atoms. The number of hydrogen-bond donors (Lipinski definition) is 0. The van der Waals surface area contributed by atoms with Crippen LogP contribution >= 0.6 is 0 Å². The Bertz CT molecular complexity index is 945. The van der Waals surface area contributed by atoms with Gasteiger partial charge < -0.3 is 4.74 Å². The maximum atomic E-state index is 13.8. The van der Waals surface area contributed by atoms with Crippen molar-refractivity contribution < 1.29 is 17.9 Å². The Morgan fingerprint density at radius 2 is 1.29 bits per heavy atom. The number of piperazine rings is 1. The Morgan fingerprint density at radius 1 is 0.735 bits per heavy atom. The molecule has 0 aromatic heterocycles. The molecule has 3 nitrogen and oxygen atoms in total. The van der Waals surface area contributed by atoms with Crippen molar-refractivity contribution in [2.45, 2.75) is 18.6 Å². The van der Waals surface area contributed by atoms with Crippen LogP contribution in [0.3, 0.4) is 0 Å². The first-order valence-electron chi connectivity index (χ1n) is 11.8. The van der Waals surface area contributed by atoms with Crippen molar-refractivity contribution in [3.63, 3.8) is 0 Å². The van der Waals surface area contributed by atoms with Gasteiger partial charge >= 0.3 is 0 Å². The minimum atomic E-state index is -0.399. The van der Waals surface area contributed by atoms with E-state index in [-0.39, 0.29) is 24.4 Å². The number of alkyl halides is 1. The minimum Gasteiger partial charge on any atom is -0.367 e. The molecule has 1 atom stereocenters. The molecule has 0 N–H and O–H groups in total. The van der Waals surface area contributed by atoms with E-state index >= 15 is 0 Å². The van der Waals surface area contributed by atoms with Gasteiger partial charge in [-0.05, 0) is 47.4 Å². The molecule has 3 aromatic carbocycles. The highest BCUT2D eigenvalue weighted by atomic mass is 19.1. The average molecular weight is 469 g/mol. The summed E-state index contributed by atoms with van der Waals surface area (Å²) in [6, 6.07) is 22.4. The van der Waals surface area contributed by atoms with Crippen LogP contribution in [0.5, 0.6) is 0 Å². The third-order valence-corrected chi connectivity index (χ3v) is 6.45. The second kappa shape index (κ2) is 12.2. The van der Waals surface area contributed by atoms with Crippen LogP contribution < -0.4 is 0 Å². The zero-order chi connectivity index (χ0) is 23.8. The van der Waals surface area contributed by atoms with Crippen LogP contribution in [0.2, 0.25) is 0 Å². The van der Waals surface area contributed by atoms with Crippen molar-refractivity contribution in [2.75, 3.05) is 46.0 Å². The zero-order valence-electron chi connectivity index (χ0n) is 19.3. The van der Waals surface area contributed by atoms with E-state index in [0.29, 0.717) is 6.61 Å². The summed E-state index contributed by atoms with van der Waals surface area (Å²) in [6.45, 7) is 4.22. The molecule has 0 saturated carbocycles. The summed E-state index contributed by atoms with van der Waals surface area (Å²) in [5, 5.41) is 0. The molecule has 0 unspecified atom stereocenters. The standard InChI is InChI=1S/C28H31F3N2O/c29-21-27(20-22-4-2-1-3-5-22)33-16-14-32(15-17-33)18-19-34-28(23-6-10-25(30)11-7-23)24-8-12-26(31)13-9-24/h1-13,27-28H,14-21H2/t27-/m1/s1. The van der Waals surface area contributed by atoms with Gasteiger partial charge in [0.15, 0.2) is 0 Å².